The fourth-order valence-electron chi connectivity index (χ4n) is 2.48. The molecule has 0 spiro atoms. The molecule has 0 radical (unpaired) electrons. The van der Waals surface area contributed by atoms with Crippen molar-refractivity contribution in [1.29, 1.82) is 0 Å². The summed E-state index contributed by atoms with van der Waals surface area (Å²) in [6, 6.07) is 5.78. The molecule has 0 saturated carbocycles. The molecular weight excluding hydrogens is 252 g/mol. The van der Waals surface area contributed by atoms with Gasteiger partial charge in [-0.3, -0.25) is 4.79 Å². The van der Waals surface area contributed by atoms with Gasteiger partial charge in [0, 0.05) is 12.5 Å². The van der Waals surface area contributed by atoms with Gasteiger partial charge in [-0.15, -0.1) is 0 Å². The Morgan fingerprint density at radius 2 is 2.00 bits per heavy atom. The Morgan fingerprint density at radius 3 is 2.55 bits per heavy atom. The van der Waals surface area contributed by atoms with Crippen molar-refractivity contribution in [3.8, 4) is 0 Å². The summed E-state index contributed by atoms with van der Waals surface area (Å²) < 4.78 is 2.26. The number of rotatable bonds is 5. The van der Waals surface area contributed by atoms with E-state index in [-0.39, 0.29) is 6.42 Å². The second-order valence-electron chi connectivity index (χ2n) is 6.02. The van der Waals surface area contributed by atoms with Crippen molar-refractivity contribution in [2.45, 2.75) is 46.6 Å². The van der Waals surface area contributed by atoms with Crippen LogP contribution in [-0.4, -0.2) is 20.6 Å². The third-order valence-electron chi connectivity index (χ3n) is 3.26. The van der Waals surface area contributed by atoms with E-state index >= 15 is 0 Å². The van der Waals surface area contributed by atoms with Crippen LogP contribution in [0.25, 0.3) is 11.0 Å². The van der Waals surface area contributed by atoms with Crippen LogP contribution in [0.1, 0.15) is 45.0 Å². The van der Waals surface area contributed by atoms with Crippen molar-refractivity contribution in [2.75, 3.05) is 0 Å². The summed E-state index contributed by atoms with van der Waals surface area (Å²) in [4.78, 5) is 15.5. The standard InChI is InChI=1S/C16H22N2O2/c1-10(2)9-18-14-6-5-12(8-15(19)20)7-13(14)17-16(18)11(3)4/h5-7,10-11H,8-9H2,1-4H3,(H,19,20). The third-order valence-corrected chi connectivity index (χ3v) is 3.26. The van der Waals surface area contributed by atoms with Gasteiger partial charge in [0.05, 0.1) is 17.5 Å². The summed E-state index contributed by atoms with van der Waals surface area (Å²) in [5, 5.41) is 8.88. The van der Waals surface area contributed by atoms with Crippen LogP contribution in [-0.2, 0) is 17.8 Å². The summed E-state index contributed by atoms with van der Waals surface area (Å²) in [5.41, 5.74) is 2.79. The normalized spacial score (nSPS) is 11.7. The molecule has 20 heavy (non-hydrogen) atoms. The van der Waals surface area contributed by atoms with Gasteiger partial charge in [0.25, 0.3) is 0 Å². The van der Waals surface area contributed by atoms with E-state index in [1.165, 1.54) is 0 Å². The van der Waals surface area contributed by atoms with Gasteiger partial charge in [0.2, 0.25) is 0 Å². The molecule has 0 aliphatic rings. The van der Waals surface area contributed by atoms with Crippen molar-refractivity contribution in [2.24, 2.45) is 5.92 Å². The molecule has 0 aliphatic heterocycles. The van der Waals surface area contributed by atoms with Crippen LogP contribution in [0.3, 0.4) is 0 Å². The largest absolute Gasteiger partial charge is 0.481 e. The quantitative estimate of drug-likeness (QED) is 0.908. The number of fused-ring (bicyclic) bond motifs is 1. The van der Waals surface area contributed by atoms with E-state index in [1.54, 1.807) is 0 Å². The van der Waals surface area contributed by atoms with E-state index in [0.29, 0.717) is 11.8 Å². The minimum Gasteiger partial charge on any atom is -0.481 e. The second-order valence-corrected chi connectivity index (χ2v) is 6.02. The van der Waals surface area contributed by atoms with E-state index < -0.39 is 5.97 Å². The lowest BCUT2D eigenvalue weighted by Crippen LogP contribution is -2.09. The van der Waals surface area contributed by atoms with Gasteiger partial charge in [-0.2, -0.15) is 0 Å². The minimum atomic E-state index is -0.810. The second kappa shape index (κ2) is 5.65. The Morgan fingerprint density at radius 1 is 1.30 bits per heavy atom. The van der Waals surface area contributed by atoms with E-state index in [0.717, 1.165) is 29.0 Å². The van der Waals surface area contributed by atoms with Gasteiger partial charge in [-0.05, 0) is 23.6 Å². The van der Waals surface area contributed by atoms with Crippen LogP contribution in [0.2, 0.25) is 0 Å². The highest BCUT2D eigenvalue weighted by Crippen LogP contribution is 2.24. The number of benzene rings is 1. The summed E-state index contributed by atoms with van der Waals surface area (Å²) in [7, 11) is 0. The number of carboxylic acid groups (broad SMARTS) is 1. The molecule has 0 fully saturated rings. The van der Waals surface area contributed by atoms with Crippen LogP contribution < -0.4 is 0 Å². The molecule has 0 unspecified atom stereocenters. The smallest absolute Gasteiger partial charge is 0.307 e. The van der Waals surface area contributed by atoms with Crippen LogP contribution in [0, 0.1) is 5.92 Å². The maximum absolute atomic E-state index is 10.8. The maximum Gasteiger partial charge on any atom is 0.307 e. The van der Waals surface area contributed by atoms with Gasteiger partial charge < -0.3 is 9.67 Å². The third kappa shape index (κ3) is 3.00. The molecule has 108 valence electrons. The van der Waals surface area contributed by atoms with E-state index in [4.69, 9.17) is 10.1 Å². The minimum absolute atomic E-state index is 0.0456. The lowest BCUT2D eigenvalue weighted by Gasteiger charge is -2.13. The van der Waals surface area contributed by atoms with E-state index in [2.05, 4.69) is 32.3 Å². The Labute approximate surface area is 119 Å². The number of imidazole rings is 1. The van der Waals surface area contributed by atoms with E-state index in [9.17, 15) is 4.79 Å². The molecule has 0 aliphatic carbocycles. The zero-order valence-corrected chi connectivity index (χ0v) is 12.6. The Balaban J connectivity index is 2.52. The van der Waals surface area contributed by atoms with Crippen molar-refractivity contribution < 1.29 is 9.90 Å². The highest BCUT2D eigenvalue weighted by atomic mass is 16.4. The lowest BCUT2D eigenvalue weighted by molar-refractivity contribution is -0.136. The monoisotopic (exact) mass is 274 g/mol. The first kappa shape index (κ1) is 14.6. The molecule has 4 nitrogen and oxygen atoms in total. The molecule has 2 rings (SSSR count). The highest BCUT2D eigenvalue weighted by molar-refractivity contribution is 5.79. The molecule has 1 aromatic heterocycles. The number of carbonyl (C=O) groups is 1. The van der Waals surface area contributed by atoms with Gasteiger partial charge in [0.1, 0.15) is 5.82 Å². The number of aliphatic carboxylic acids is 1. The summed E-state index contributed by atoms with van der Waals surface area (Å²) >= 11 is 0. The molecule has 1 N–H and O–H groups in total. The van der Waals surface area contributed by atoms with Crippen LogP contribution >= 0.6 is 0 Å². The molecule has 0 bridgehead atoms. The molecule has 1 aromatic carbocycles. The molecule has 2 aromatic rings. The van der Waals surface area contributed by atoms with Gasteiger partial charge >= 0.3 is 5.97 Å². The Kier molecular flexibility index (Phi) is 4.12. The van der Waals surface area contributed by atoms with Gasteiger partial charge in [-0.1, -0.05) is 33.8 Å². The number of hydrogen-bond donors (Lipinski definition) is 1. The van der Waals surface area contributed by atoms with Gasteiger partial charge in [0.15, 0.2) is 0 Å². The molecule has 1 heterocycles. The van der Waals surface area contributed by atoms with Gasteiger partial charge in [-0.25, -0.2) is 4.98 Å². The van der Waals surface area contributed by atoms with Crippen LogP contribution in [0.4, 0.5) is 0 Å². The van der Waals surface area contributed by atoms with Crippen molar-refractivity contribution in [3.05, 3.63) is 29.6 Å². The topological polar surface area (TPSA) is 55.1 Å². The van der Waals surface area contributed by atoms with Crippen molar-refractivity contribution in [1.82, 2.24) is 9.55 Å². The first-order chi connectivity index (χ1) is 9.38. The molecule has 0 amide bonds. The molecule has 0 saturated heterocycles. The lowest BCUT2D eigenvalue weighted by atomic mass is 10.1. The zero-order valence-electron chi connectivity index (χ0n) is 12.6. The van der Waals surface area contributed by atoms with Crippen molar-refractivity contribution in [3.63, 3.8) is 0 Å². The Hall–Kier alpha value is -1.84. The van der Waals surface area contributed by atoms with E-state index in [1.807, 2.05) is 18.2 Å². The fraction of sp³-hybridized carbons (Fsp3) is 0.500. The van der Waals surface area contributed by atoms with Crippen LogP contribution in [0.15, 0.2) is 18.2 Å². The first-order valence-corrected chi connectivity index (χ1v) is 7.09. The maximum atomic E-state index is 10.8. The predicted molar refractivity (Wildman–Crippen MR) is 80.0 cm³/mol. The predicted octanol–water partition coefficient (Wildman–Crippen LogP) is 3.44. The summed E-state index contributed by atoms with van der Waals surface area (Å²) in [5.74, 6) is 1.16. The average molecular weight is 274 g/mol. The molecule has 4 heteroatoms. The number of hydrogen-bond acceptors (Lipinski definition) is 2. The summed E-state index contributed by atoms with van der Waals surface area (Å²) in [6.07, 6.45) is 0.0456. The SMILES string of the molecule is CC(C)Cn1c(C(C)C)nc2cc(CC(=O)O)ccc21. The Bertz CT molecular complexity index is 627. The summed E-state index contributed by atoms with van der Waals surface area (Å²) in [6.45, 7) is 9.58. The average Bonchev–Trinajstić information content (AvgIpc) is 2.66. The first-order valence-electron chi connectivity index (χ1n) is 7.09. The fourth-order valence-corrected chi connectivity index (χ4v) is 2.48. The van der Waals surface area contributed by atoms with Crippen molar-refractivity contribution >= 4 is 17.0 Å². The number of nitrogens with zero attached hydrogens (tertiary/aromatic N) is 2. The van der Waals surface area contributed by atoms with Crippen LogP contribution in [0.5, 0.6) is 0 Å². The zero-order chi connectivity index (χ0) is 14.9. The molecule has 0 atom stereocenters. The highest BCUT2D eigenvalue weighted by Gasteiger charge is 2.15. The molecular formula is C16H22N2O2. The number of aromatic nitrogens is 2. The number of carboxylic acids is 1.